The van der Waals surface area contributed by atoms with Crippen LogP contribution in [-0.4, -0.2) is 51.5 Å². The fraction of sp³-hybridized carbons (Fsp3) is 0.500. The fourth-order valence-electron chi connectivity index (χ4n) is 5.19. The van der Waals surface area contributed by atoms with Crippen molar-refractivity contribution in [2.24, 2.45) is 5.92 Å². The summed E-state index contributed by atoms with van der Waals surface area (Å²) in [6, 6.07) is 6.00. The lowest BCUT2D eigenvalue weighted by Gasteiger charge is -2.35. The van der Waals surface area contributed by atoms with E-state index >= 15 is 0 Å². The van der Waals surface area contributed by atoms with E-state index in [2.05, 4.69) is 9.88 Å². The van der Waals surface area contributed by atoms with Crippen LogP contribution in [0.3, 0.4) is 0 Å². The Morgan fingerprint density at radius 2 is 1.91 bits per heavy atom. The van der Waals surface area contributed by atoms with Gasteiger partial charge in [-0.2, -0.15) is 0 Å². The van der Waals surface area contributed by atoms with E-state index in [4.69, 9.17) is 10.1 Å². The lowest BCUT2D eigenvalue weighted by atomic mass is 10.0. The van der Waals surface area contributed by atoms with Crippen molar-refractivity contribution in [3.8, 4) is 5.75 Å². The number of pyridine rings is 2. The molecule has 0 aromatic carbocycles. The monoisotopic (exact) mass is 435 g/mol. The number of hydrogen-bond donors (Lipinski definition) is 1. The van der Waals surface area contributed by atoms with Gasteiger partial charge in [-0.1, -0.05) is 13.8 Å². The number of ether oxygens (including phenoxy) is 1. The Morgan fingerprint density at radius 1 is 1.16 bits per heavy atom. The number of nitrogens with one attached hydrogen (secondary N) is 1. The Morgan fingerprint density at radius 3 is 2.59 bits per heavy atom. The second-order valence-electron chi connectivity index (χ2n) is 9.21. The summed E-state index contributed by atoms with van der Waals surface area (Å²) in [5, 5.41) is 8.30. The van der Waals surface area contributed by atoms with Crippen molar-refractivity contribution in [2.75, 3.05) is 18.1 Å². The molecule has 2 fully saturated rings. The summed E-state index contributed by atoms with van der Waals surface area (Å²) in [5.74, 6) is 0.952. The van der Waals surface area contributed by atoms with Crippen molar-refractivity contribution in [1.82, 2.24) is 14.5 Å². The van der Waals surface area contributed by atoms with Gasteiger partial charge in [-0.15, -0.1) is 0 Å². The van der Waals surface area contributed by atoms with E-state index < -0.39 is 0 Å². The third kappa shape index (κ3) is 3.47. The highest BCUT2D eigenvalue weighted by Gasteiger charge is 2.40. The number of aromatic nitrogens is 2. The lowest BCUT2D eigenvalue weighted by Crippen LogP contribution is -2.44. The molecule has 2 aromatic heterocycles. The van der Waals surface area contributed by atoms with Crippen LogP contribution in [0.4, 0.5) is 11.5 Å². The van der Waals surface area contributed by atoms with E-state index in [-0.39, 0.29) is 23.2 Å². The van der Waals surface area contributed by atoms with Crippen LogP contribution in [0.5, 0.6) is 5.75 Å². The van der Waals surface area contributed by atoms with Crippen LogP contribution in [0.25, 0.3) is 0 Å². The number of piperidine rings is 1. The number of nitrogens with zero attached hydrogens (tertiary/aromatic N) is 4. The summed E-state index contributed by atoms with van der Waals surface area (Å²) in [4.78, 5) is 34.2. The third-order valence-corrected chi connectivity index (χ3v) is 6.82. The number of amides is 1. The van der Waals surface area contributed by atoms with Gasteiger partial charge in [0.15, 0.2) is 11.6 Å². The summed E-state index contributed by atoms with van der Waals surface area (Å²) in [6.45, 7) is 4.66. The van der Waals surface area contributed by atoms with Crippen molar-refractivity contribution < 1.29 is 14.3 Å². The molecule has 2 unspecified atom stereocenters. The van der Waals surface area contributed by atoms with Crippen LogP contribution in [-0.2, 0) is 0 Å². The Hall–Kier alpha value is -3.16. The third-order valence-electron chi connectivity index (χ3n) is 6.82. The van der Waals surface area contributed by atoms with Gasteiger partial charge in [-0.3, -0.25) is 19.6 Å². The van der Waals surface area contributed by atoms with E-state index in [0.717, 1.165) is 31.4 Å². The zero-order valence-corrected chi connectivity index (χ0v) is 18.6. The van der Waals surface area contributed by atoms with E-state index in [1.807, 2.05) is 24.8 Å². The quantitative estimate of drug-likeness (QED) is 0.798. The van der Waals surface area contributed by atoms with Crippen LogP contribution < -0.4 is 15.1 Å². The van der Waals surface area contributed by atoms with Gasteiger partial charge in [-0.25, -0.2) is 4.98 Å². The number of hydrogen-bond acceptors (Lipinski definition) is 6. The molecular weight excluding hydrogens is 406 g/mol. The SMILES string of the molecule is CC(C)C(=O)n1ccc(N2CCOc3cc(C(=O)N4C5CCCC4CC5)cnc32)cc1=N. The summed E-state index contributed by atoms with van der Waals surface area (Å²) in [6.07, 6.45) is 8.87. The number of rotatable bonds is 3. The standard InChI is InChI=1S/C24H29N5O3/c1-15(2)23(30)28-9-8-19(13-21(28)25)27-10-11-32-20-12-16(14-26-22(20)27)24(31)29-17-4-3-5-18(29)7-6-17/h8-9,12-15,17-18,25H,3-7,10-11H2,1-2H3. The van der Waals surface area contributed by atoms with Gasteiger partial charge in [0, 0.05) is 42.1 Å². The lowest BCUT2D eigenvalue weighted by molar-refractivity contribution is 0.0594. The minimum atomic E-state index is -0.188. The molecule has 0 aliphatic carbocycles. The maximum Gasteiger partial charge on any atom is 0.256 e. The summed E-state index contributed by atoms with van der Waals surface area (Å²) >= 11 is 0. The van der Waals surface area contributed by atoms with Gasteiger partial charge in [0.2, 0.25) is 5.91 Å². The molecule has 5 heterocycles. The Balaban J connectivity index is 1.43. The van der Waals surface area contributed by atoms with Crippen molar-refractivity contribution in [3.05, 3.63) is 41.6 Å². The molecule has 0 saturated carbocycles. The molecule has 1 N–H and O–H groups in total. The van der Waals surface area contributed by atoms with Gasteiger partial charge in [-0.05, 0) is 44.2 Å². The number of carbonyl (C=O) groups excluding carboxylic acids is 2. The molecule has 0 radical (unpaired) electrons. The molecular formula is C24H29N5O3. The normalized spacial score (nSPS) is 22.0. The predicted molar refractivity (Wildman–Crippen MR) is 119 cm³/mol. The van der Waals surface area contributed by atoms with Crippen molar-refractivity contribution in [3.63, 3.8) is 0 Å². The number of carbonyl (C=O) groups is 2. The van der Waals surface area contributed by atoms with E-state index in [9.17, 15) is 9.59 Å². The first-order valence-corrected chi connectivity index (χ1v) is 11.5. The fourth-order valence-corrected chi connectivity index (χ4v) is 5.19. The highest BCUT2D eigenvalue weighted by Crippen LogP contribution is 2.38. The van der Waals surface area contributed by atoms with E-state index in [1.165, 1.54) is 11.0 Å². The highest BCUT2D eigenvalue weighted by molar-refractivity contribution is 5.95. The van der Waals surface area contributed by atoms with E-state index in [0.29, 0.717) is 42.4 Å². The van der Waals surface area contributed by atoms with Crippen molar-refractivity contribution in [1.29, 1.82) is 5.41 Å². The second kappa shape index (κ2) is 8.07. The van der Waals surface area contributed by atoms with Crippen molar-refractivity contribution in [2.45, 2.75) is 58.0 Å². The molecule has 5 rings (SSSR count). The van der Waals surface area contributed by atoms with Crippen LogP contribution in [0.2, 0.25) is 0 Å². The average Bonchev–Trinajstić information content (AvgIpc) is 3.05. The van der Waals surface area contributed by atoms with Crippen LogP contribution >= 0.6 is 0 Å². The first kappa shape index (κ1) is 20.7. The summed E-state index contributed by atoms with van der Waals surface area (Å²) in [5.41, 5.74) is 1.47. The molecule has 32 heavy (non-hydrogen) atoms. The molecule has 2 aromatic rings. The van der Waals surface area contributed by atoms with Crippen molar-refractivity contribution >= 4 is 23.3 Å². The molecule has 3 aliphatic rings. The maximum atomic E-state index is 13.3. The summed E-state index contributed by atoms with van der Waals surface area (Å²) < 4.78 is 7.22. The second-order valence-corrected chi connectivity index (χ2v) is 9.21. The maximum absolute atomic E-state index is 13.3. The Kier molecular flexibility index (Phi) is 5.23. The molecule has 0 spiro atoms. The molecule has 2 bridgehead atoms. The topological polar surface area (TPSA) is 91.5 Å². The highest BCUT2D eigenvalue weighted by atomic mass is 16.5. The molecule has 1 amide bonds. The molecule has 2 atom stereocenters. The first-order valence-electron chi connectivity index (χ1n) is 11.5. The van der Waals surface area contributed by atoms with E-state index in [1.54, 1.807) is 24.5 Å². The van der Waals surface area contributed by atoms with Gasteiger partial charge in [0.25, 0.3) is 5.91 Å². The van der Waals surface area contributed by atoms with Gasteiger partial charge in [0.05, 0.1) is 12.1 Å². The van der Waals surface area contributed by atoms with Gasteiger partial charge < -0.3 is 14.5 Å². The molecule has 168 valence electrons. The smallest absolute Gasteiger partial charge is 0.256 e. The minimum absolute atomic E-state index is 0.0506. The molecule has 8 heteroatoms. The largest absolute Gasteiger partial charge is 0.488 e. The molecule has 8 nitrogen and oxygen atoms in total. The number of fused-ring (bicyclic) bond motifs is 3. The summed E-state index contributed by atoms with van der Waals surface area (Å²) in [7, 11) is 0. The molecule has 2 saturated heterocycles. The van der Waals surface area contributed by atoms with Gasteiger partial charge in [0.1, 0.15) is 12.1 Å². The molecule has 3 aliphatic heterocycles. The zero-order valence-electron chi connectivity index (χ0n) is 18.6. The average molecular weight is 436 g/mol. The zero-order chi connectivity index (χ0) is 22.4. The first-order chi connectivity index (χ1) is 15.4. The Bertz CT molecular complexity index is 1110. The minimum Gasteiger partial charge on any atom is -0.488 e. The Labute approximate surface area is 187 Å². The number of anilines is 2. The predicted octanol–water partition coefficient (Wildman–Crippen LogP) is 3.35. The van der Waals surface area contributed by atoms with Crippen LogP contribution in [0.15, 0.2) is 30.6 Å². The van der Waals surface area contributed by atoms with Crippen LogP contribution in [0, 0.1) is 11.3 Å². The van der Waals surface area contributed by atoms with Crippen LogP contribution in [0.1, 0.15) is 61.1 Å². The van der Waals surface area contributed by atoms with Gasteiger partial charge >= 0.3 is 0 Å².